The number of halogens is 1. The molecule has 0 aliphatic carbocycles. The monoisotopic (exact) mass is 252 g/mol. The number of rotatable bonds is 1. The van der Waals surface area contributed by atoms with Crippen molar-refractivity contribution < 1.29 is 9.21 Å². The van der Waals surface area contributed by atoms with Gasteiger partial charge in [-0.15, -0.1) is 0 Å². The van der Waals surface area contributed by atoms with E-state index in [2.05, 4.69) is 15.9 Å². The summed E-state index contributed by atoms with van der Waals surface area (Å²) in [5, 5.41) is 0.990. The molecule has 0 saturated carbocycles. The molecule has 3 heteroatoms. The number of furan rings is 1. The topological polar surface area (TPSA) is 30.2 Å². The number of benzene rings is 1. The Hall–Kier alpha value is -1.09. The Morgan fingerprint density at radius 1 is 1.43 bits per heavy atom. The lowest BCUT2D eigenvalue weighted by Crippen LogP contribution is -1.90. The molecule has 0 N–H and O–H groups in total. The zero-order valence-corrected chi connectivity index (χ0v) is 9.51. The molecule has 0 radical (unpaired) electrons. The molecule has 72 valence electrons. The highest BCUT2D eigenvalue weighted by atomic mass is 79.9. The number of hydrogen-bond acceptors (Lipinski definition) is 2. The number of ketones is 1. The van der Waals surface area contributed by atoms with Gasteiger partial charge in [-0.2, -0.15) is 0 Å². The third kappa shape index (κ3) is 1.38. The molecule has 0 unspecified atom stereocenters. The van der Waals surface area contributed by atoms with Crippen LogP contribution in [0.1, 0.15) is 23.0 Å². The van der Waals surface area contributed by atoms with E-state index >= 15 is 0 Å². The minimum atomic E-state index is -0.0326. The lowest BCUT2D eigenvalue weighted by molar-refractivity contribution is 0.0988. The highest BCUT2D eigenvalue weighted by molar-refractivity contribution is 9.10. The number of carbonyl (C=O) groups is 1. The summed E-state index contributed by atoms with van der Waals surface area (Å²) < 4.78 is 6.43. The highest BCUT2D eigenvalue weighted by Crippen LogP contribution is 2.28. The van der Waals surface area contributed by atoms with Gasteiger partial charge in [0, 0.05) is 22.3 Å². The van der Waals surface area contributed by atoms with Crippen LogP contribution in [-0.4, -0.2) is 5.78 Å². The van der Waals surface area contributed by atoms with Gasteiger partial charge in [0.05, 0.1) is 0 Å². The second-order valence-corrected chi connectivity index (χ2v) is 4.17. The number of aryl methyl sites for hydroxylation is 1. The van der Waals surface area contributed by atoms with E-state index in [1.165, 1.54) is 6.92 Å². The van der Waals surface area contributed by atoms with Crippen LogP contribution in [0.15, 0.2) is 27.1 Å². The first-order valence-electron chi connectivity index (χ1n) is 4.29. The first-order chi connectivity index (χ1) is 6.59. The Morgan fingerprint density at radius 2 is 2.14 bits per heavy atom. The van der Waals surface area contributed by atoms with E-state index in [-0.39, 0.29) is 5.78 Å². The maximum absolute atomic E-state index is 11.2. The predicted molar refractivity (Wildman–Crippen MR) is 58.7 cm³/mol. The van der Waals surface area contributed by atoms with Crippen LogP contribution in [0.4, 0.5) is 0 Å². The second-order valence-electron chi connectivity index (χ2n) is 3.25. The highest BCUT2D eigenvalue weighted by Gasteiger charge is 2.13. The fourth-order valence-corrected chi connectivity index (χ4v) is 1.89. The average molecular weight is 253 g/mol. The van der Waals surface area contributed by atoms with Crippen molar-refractivity contribution in [2.75, 3.05) is 0 Å². The normalized spacial score (nSPS) is 10.8. The summed E-state index contributed by atoms with van der Waals surface area (Å²) in [6.07, 6.45) is 0. The molecule has 0 atom stereocenters. The van der Waals surface area contributed by atoms with Crippen molar-refractivity contribution in [1.82, 2.24) is 0 Å². The molecular weight excluding hydrogens is 244 g/mol. The molecule has 0 saturated heterocycles. The Balaban J connectivity index is 2.80. The maximum atomic E-state index is 11.2. The van der Waals surface area contributed by atoms with Crippen molar-refractivity contribution in [1.29, 1.82) is 0 Å². The molecule has 2 rings (SSSR count). The van der Waals surface area contributed by atoms with Crippen LogP contribution in [0.2, 0.25) is 0 Å². The molecule has 14 heavy (non-hydrogen) atoms. The van der Waals surface area contributed by atoms with E-state index in [0.717, 1.165) is 21.0 Å². The van der Waals surface area contributed by atoms with E-state index in [0.29, 0.717) is 5.76 Å². The maximum Gasteiger partial charge on any atom is 0.195 e. The van der Waals surface area contributed by atoms with Crippen LogP contribution in [0.25, 0.3) is 11.0 Å². The van der Waals surface area contributed by atoms with Gasteiger partial charge in [-0.1, -0.05) is 15.9 Å². The van der Waals surface area contributed by atoms with Gasteiger partial charge in [0.25, 0.3) is 0 Å². The molecule has 0 fully saturated rings. The summed E-state index contributed by atoms with van der Waals surface area (Å²) in [7, 11) is 0. The van der Waals surface area contributed by atoms with E-state index in [9.17, 15) is 4.79 Å². The van der Waals surface area contributed by atoms with Gasteiger partial charge in [-0.25, -0.2) is 0 Å². The Morgan fingerprint density at radius 3 is 2.79 bits per heavy atom. The van der Waals surface area contributed by atoms with Crippen molar-refractivity contribution >= 4 is 32.7 Å². The summed E-state index contributed by atoms with van der Waals surface area (Å²) in [5.41, 5.74) is 1.67. The Bertz CT molecular complexity index is 511. The van der Waals surface area contributed by atoms with Crippen molar-refractivity contribution in [3.8, 4) is 0 Å². The summed E-state index contributed by atoms with van der Waals surface area (Å²) in [6, 6.07) is 5.72. The summed E-state index contributed by atoms with van der Waals surface area (Å²) >= 11 is 3.39. The average Bonchev–Trinajstić information content (AvgIpc) is 2.44. The first-order valence-corrected chi connectivity index (χ1v) is 5.08. The lowest BCUT2D eigenvalue weighted by atomic mass is 10.1. The fraction of sp³-hybridized carbons (Fsp3) is 0.182. The molecule has 0 aliphatic rings. The van der Waals surface area contributed by atoms with E-state index in [1.807, 2.05) is 25.1 Å². The van der Waals surface area contributed by atoms with E-state index < -0.39 is 0 Å². The van der Waals surface area contributed by atoms with Gasteiger partial charge in [0.2, 0.25) is 0 Å². The minimum Gasteiger partial charge on any atom is -0.453 e. The molecule has 1 aromatic carbocycles. The fourth-order valence-electron chi connectivity index (χ4n) is 1.53. The molecule has 0 spiro atoms. The molecular formula is C11H9BrO2. The third-order valence-corrected chi connectivity index (χ3v) is 2.71. The van der Waals surface area contributed by atoms with Crippen LogP contribution >= 0.6 is 15.9 Å². The van der Waals surface area contributed by atoms with Gasteiger partial charge >= 0.3 is 0 Å². The molecule has 2 nitrogen and oxygen atoms in total. The third-order valence-electron chi connectivity index (χ3n) is 2.22. The molecule has 2 aromatic rings. The van der Waals surface area contributed by atoms with Crippen molar-refractivity contribution in [2.24, 2.45) is 0 Å². The van der Waals surface area contributed by atoms with Gasteiger partial charge < -0.3 is 4.42 Å². The number of carbonyl (C=O) groups excluding carboxylic acids is 1. The molecule has 0 bridgehead atoms. The second kappa shape index (κ2) is 3.24. The lowest BCUT2D eigenvalue weighted by Gasteiger charge is -1.90. The number of hydrogen-bond donors (Lipinski definition) is 0. The van der Waals surface area contributed by atoms with Crippen LogP contribution in [0, 0.1) is 6.92 Å². The van der Waals surface area contributed by atoms with Crippen molar-refractivity contribution in [3.63, 3.8) is 0 Å². The van der Waals surface area contributed by atoms with E-state index in [4.69, 9.17) is 4.42 Å². The standard InChI is InChI=1S/C11H9BrO2/c1-6-9-5-8(12)3-4-10(9)14-11(6)7(2)13/h3-5H,1-2H3. The van der Waals surface area contributed by atoms with Crippen molar-refractivity contribution in [3.05, 3.63) is 34.0 Å². The van der Waals surface area contributed by atoms with Crippen molar-refractivity contribution in [2.45, 2.75) is 13.8 Å². The summed E-state index contributed by atoms with van der Waals surface area (Å²) in [4.78, 5) is 11.2. The van der Waals surface area contributed by atoms with Gasteiger partial charge in [-0.3, -0.25) is 4.79 Å². The van der Waals surface area contributed by atoms with Gasteiger partial charge in [0.15, 0.2) is 11.5 Å². The predicted octanol–water partition coefficient (Wildman–Crippen LogP) is 3.71. The van der Waals surface area contributed by atoms with Crippen LogP contribution < -0.4 is 0 Å². The van der Waals surface area contributed by atoms with Gasteiger partial charge in [0.1, 0.15) is 5.58 Å². The Kier molecular flexibility index (Phi) is 2.19. The van der Waals surface area contributed by atoms with Crippen LogP contribution in [0.3, 0.4) is 0 Å². The quantitative estimate of drug-likeness (QED) is 0.725. The molecule has 0 aliphatic heterocycles. The van der Waals surface area contributed by atoms with E-state index in [1.54, 1.807) is 0 Å². The first kappa shape index (κ1) is 9.46. The smallest absolute Gasteiger partial charge is 0.195 e. The largest absolute Gasteiger partial charge is 0.453 e. The number of Topliss-reactive ketones (excluding diaryl/α,β-unsaturated/α-hetero) is 1. The Labute approximate surface area is 90.0 Å². The molecule has 0 amide bonds. The molecule has 1 aromatic heterocycles. The SMILES string of the molecule is CC(=O)c1oc2ccc(Br)cc2c1C. The summed E-state index contributed by atoms with van der Waals surface area (Å²) in [5.74, 6) is 0.424. The van der Waals surface area contributed by atoms with Gasteiger partial charge in [-0.05, 0) is 25.1 Å². The molecule has 1 heterocycles. The van der Waals surface area contributed by atoms with Crippen LogP contribution in [0.5, 0.6) is 0 Å². The number of fused-ring (bicyclic) bond motifs is 1. The van der Waals surface area contributed by atoms with Crippen LogP contribution in [-0.2, 0) is 0 Å². The zero-order valence-electron chi connectivity index (χ0n) is 7.93. The minimum absolute atomic E-state index is 0.0326. The zero-order chi connectivity index (χ0) is 10.3. The summed E-state index contributed by atoms with van der Waals surface area (Å²) in [6.45, 7) is 3.41.